The van der Waals surface area contributed by atoms with Crippen molar-refractivity contribution in [3.63, 3.8) is 0 Å². The Morgan fingerprint density at radius 3 is 2.78 bits per heavy atom. The lowest BCUT2D eigenvalue weighted by molar-refractivity contribution is 0.127. The SMILES string of the molecule is CC(C)NC1(C#N)CCC(SC2CCOC2C)C1. The van der Waals surface area contributed by atoms with E-state index >= 15 is 0 Å². The summed E-state index contributed by atoms with van der Waals surface area (Å²) in [6.45, 7) is 7.31. The minimum atomic E-state index is -0.283. The van der Waals surface area contributed by atoms with Gasteiger partial charge in [0.2, 0.25) is 0 Å². The third-order valence-corrected chi connectivity index (χ3v) is 5.68. The average Bonchev–Trinajstić information content (AvgIpc) is 2.88. The zero-order chi connectivity index (χ0) is 13.2. The Morgan fingerprint density at radius 1 is 1.44 bits per heavy atom. The van der Waals surface area contributed by atoms with Crippen LogP contribution in [0.15, 0.2) is 0 Å². The number of nitrogens with zero attached hydrogens (tertiary/aromatic N) is 1. The zero-order valence-corrected chi connectivity index (χ0v) is 12.4. The van der Waals surface area contributed by atoms with Crippen LogP contribution in [-0.4, -0.2) is 34.8 Å². The number of hydrogen-bond acceptors (Lipinski definition) is 4. The van der Waals surface area contributed by atoms with Crippen molar-refractivity contribution in [3.05, 3.63) is 0 Å². The van der Waals surface area contributed by atoms with Gasteiger partial charge in [0.25, 0.3) is 0 Å². The number of rotatable bonds is 4. The summed E-state index contributed by atoms with van der Waals surface area (Å²) in [6.07, 6.45) is 4.67. The summed E-state index contributed by atoms with van der Waals surface area (Å²) in [5, 5.41) is 14.2. The summed E-state index contributed by atoms with van der Waals surface area (Å²) < 4.78 is 5.62. The van der Waals surface area contributed by atoms with Crippen molar-refractivity contribution in [1.29, 1.82) is 5.26 Å². The standard InChI is InChI=1S/C14H24N2OS/c1-10(2)16-14(9-15)6-4-12(8-14)18-13-5-7-17-11(13)3/h10-13,16H,4-8H2,1-3H3. The molecule has 0 bridgehead atoms. The molecule has 0 radical (unpaired) electrons. The van der Waals surface area contributed by atoms with Crippen LogP contribution in [0.3, 0.4) is 0 Å². The highest BCUT2D eigenvalue weighted by Crippen LogP contribution is 2.41. The molecule has 1 N–H and O–H groups in total. The highest BCUT2D eigenvalue weighted by molar-refractivity contribution is 8.00. The lowest BCUT2D eigenvalue weighted by Gasteiger charge is -2.26. The van der Waals surface area contributed by atoms with Gasteiger partial charge >= 0.3 is 0 Å². The van der Waals surface area contributed by atoms with E-state index in [-0.39, 0.29) is 5.54 Å². The summed E-state index contributed by atoms with van der Waals surface area (Å²) in [4.78, 5) is 0. The molecule has 0 spiro atoms. The van der Waals surface area contributed by atoms with Gasteiger partial charge < -0.3 is 4.74 Å². The van der Waals surface area contributed by atoms with Crippen LogP contribution in [0.2, 0.25) is 0 Å². The fraction of sp³-hybridized carbons (Fsp3) is 0.929. The van der Waals surface area contributed by atoms with Crippen molar-refractivity contribution in [1.82, 2.24) is 5.32 Å². The number of nitriles is 1. The van der Waals surface area contributed by atoms with Crippen molar-refractivity contribution >= 4 is 11.8 Å². The van der Waals surface area contributed by atoms with E-state index in [9.17, 15) is 5.26 Å². The van der Waals surface area contributed by atoms with Gasteiger partial charge in [0.05, 0.1) is 12.2 Å². The molecule has 4 unspecified atom stereocenters. The van der Waals surface area contributed by atoms with Gasteiger partial charge in [-0.1, -0.05) is 0 Å². The maximum atomic E-state index is 9.45. The average molecular weight is 268 g/mol. The Bertz CT molecular complexity index is 328. The number of nitrogens with one attached hydrogen (secondary N) is 1. The maximum absolute atomic E-state index is 9.45. The molecule has 0 aromatic carbocycles. The van der Waals surface area contributed by atoms with Gasteiger partial charge in [0, 0.05) is 23.1 Å². The van der Waals surface area contributed by atoms with Crippen LogP contribution in [0, 0.1) is 11.3 Å². The van der Waals surface area contributed by atoms with Crippen molar-refractivity contribution in [2.24, 2.45) is 0 Å². The molecule has 2 fully saturated rings. The smallest absolute Gasteiger partial charge is 0.108 e. The summed E-state index contributed by atoms with van der Waals surface area (Å²) in [7, 11) is 0. The topological polar surface area (TPSA) is 45.0 Å². The van der Waals surface area contributed by atoms with E-state index < -0.39 is 0 Å². The van der Waals surface area contributed by atoms with E-state index in [1.165, 1.54) is 6.42 Å². The quantitative estimate of drug-likeness (QED) is 0.851. The number of ether oxygens (including phenoxy) is 1. The van der Waals surface area contributed by atoms with E-state index in [1.54, 1.807) is 0 Å². The molecule has 4 atom stereocenters. The fourth-order valence-corrected chi connectivity index (χ4v) is 4.73. The summed E-state index contributed by atoms with van der Waals surface area (Å²) >= 11 is 2.05. The number of thioether (sulfide) groups is 1. The van der Waals surface area contributed by atoms with Gasteiger partial charge in [-0.25, -0.2) is 0 Å². The second-order valence-corrected chi connectivity index (χ2v) is 7.44. The molecule has 0 aromatic heterocycles. The van der Waals surface area contributed by atoms with Gasteiger partial charge in [0.1, 0.15) is 5.54 Å². The van der Waals surface area contributed by atoms with Crippen LogP contribution >= 0.6 is 11.8 Å². The molecule has 1 saturated carbocycles. The molecule has 18 heavy (non-hydrogen) atoms. The van der Waals surface area contributed by atoms with E-state index in [4.69, 9.17) is 4.74 Å². The third-order valence-electron chi connectivity index (χ3n) is 3.92. The lowest BCUT2D eigenvalue weighted by atomic mass is 9.99. The second kappa shape index (κ2) is 5.81. The largest absolute Gasteiger partial charge is 0.377 e. The minimum absolute atomic E-state index is 0.283. The molecule has 1 heterocycles. The molecule has 0 amide bonds. The third kappa shape index (κ3) is 3.20. The van der Waals surface area contributed by atoms with Gasteiger partial charge in [-0.15, -0.1) is 0 Å². The van der Waals surface area contributed by atoms with Gasteiger partial charge in [-0.3, -0.25) is 5.32 Å². The summed E-state index contributed by atoms with van der Waals surface area (Å²) in [5.74, 6) is 0. The fourth-order valence-electron chi connectivity index (χ4n) is 3.07. The lowest BCUT2D eigenvalue weighted by Crippen LogP contribution is -2.45. The molecular weight excluding hydrogens is 244 g/mol. The molecule has 0 aromatic rings. The first-order valence-electron chi connectivity index (χ1n) is 7.01. The van der Waals surface area contributed by atoms with Gasteiger partial charge in [0.15, 0.2) is 0 Å². The minimum Gasteiger partial charge on any atom is -0.377 e. The first kappa shape index (κ1) is 14.2. The Labute approximate surface area is 115 Å². The monoisotopic (exact) mass is 268 g/mol. The molecule has 102 valence electrons. The summed E-state index contributed by atoms with van der Waals surface area (Å²) in [5.41, 5.74) is -0.283. The number of hydrogen-bond donors (Lipinski definition) is 1. The first-order chi connectivity index (χ1) is 8.54. The Hall–Kier alpha value is -0.240. The van der Waals surface area contributed by atoms with Crippen LogP contribution < -0.4 is 5.32 Å². The molecule has 1 aliphatic carbocycles. The Balaban J connectivity index is 1.89. The zero-order valence-electron chi connectivity index (χ0n) is 11.6. The molecule has 3 nitrogen and oxygen atoms in total. The van der Waals surface area contributed by atoms with Crippen LogP contribution in [0.25, 0.3) is 0 Å². The molecule has 2 aliphatic rings. The van der Waals surface area contributed by atoms with Crippen molar-refractivity contribution < 1.29 is 4.74 Å². The molecular formula is C14H24N2OS. The second-order valence-electron chi connectivity index (χ2n) is 5.90. The highest BCUT2D eigenvalue weighted by atomic mass is 32.2. The Kier molecular flexibility index (Phi) is 4.58. The normalized spacial score (nSPS) is 40.3. The van der Waals surface area contributed by atoms with E-state index in [2.05, 4.69) is 43.9 Å². The molecule has 2 rings (SSSR count). The maximum Gasteiger partial charge on any atom is 0.108 e. The van der Waals surface area contributed by atoms with Crippen LogP contribution in [0.1, 0.15) is 46.5 Å². The molecule has 4 heteroatoms. The van der Waals surface area contributed by atoms with Crippen molar-refractivity contribution in [2.75, 3.05) is 6.61 Å². The molecule has 1 aliphatic heterocycles. The van der Waals surface area contributed by atoms with E-state index in [0.29, 0.717) is 22.6 Å². The van der Waals surface area contributed by atoms with Gasteiger partial charge in [-0.2, -0.15) is 17.0 Å². The van der Waals surface area contributed by atoms with E-state index in [1.807, 2.05) is 0 Å². The van der Waals surface area contributed by atoms with Gasteiger partial charge in [-0.05, 0) is 46.5 Å². The van der Waals surface area contributed by atoms with Crippen molar-refractivity contribution in [2.45, 2.75) is 74.6 Å². The summed E-state index contributed by atoms with van der Waals surface area (Å²) in [6, 6.07) is 2.90. The van der Waals surface area contributed by atoms with Crippen LogP contribution in [0.5, 0.6) is 0 Å². The van der Waals surface area contributed by atoms with Crippen LogP contribution in [-0.2, 0) is 4.74 Å². The Morgan fingerprint density at radius 2 is 2.22 bits per heavy atom. The van der Waals surface area contributed by atoms with E-state index in [0.717, 1.165) is 25.9 Å². The predicted octanol–water partition coefficient (Wildman–Crippen LogP) is 2.71. The predicted molar refractivity (Wildman–Crippen MR) is 75.7 cm³/mol. The highest BCUT2D eigenvalue weighted by Gasteiger charge is 2.41. The van der Waals surface area contributed by atoms with Crippen LogP contribution in [0.4, 0.5) is 0 Å². The first-order valence-corrected chi connectivity index (χ1v) is 7.95. The van der Waals surface area contributed by atoms with Crippen molar-refractivity contribution in [3.8, 4) is 6.07 Å². The molecule has 1 saturated heterocycles.